The second-order valence-corrected chi connectivity index (χ2v) is 11.3. The SMILES string of the molecule is CCCN(CC(=O)N(Cc1cccn1Cc1ccc(Br)cc1)C1CCCCC1)C(=O)c1ccc2c(c1)OCO2. The molecule has 39 heavy (non-hydrogen) atoms. The van der Waals surface area contributed by atoms with Gasteiger partial charge in [-0.05, 0) is 67.3 Å². The highest BCUT2D eigenvalue weighted by Crippen LogP contribution is 2.33. The Labute approximate surface area is 238 Å². The van der Waals surface area contributed by atoms with Crippen LogP contribution in [0, 0.1) is 0 Å². The van der Waals surface area contributed by atoms with Crippen molar-refractivity contribution in [1.82, 2.24) is 14.4 Å². The first-order valence-corrected chi connectivity index (χ1v) is 14.7. The van der Waals surface area contributed by atoms with E-state index in [1.54, 1.807) is 23.1 Å². The highest BCUT2D eigenvalue weighted by molar-refractivity contribution is 9.10. The minimum Gasteiger partial charge on any atom is -0.454 e. The number of carbonyl (C=O) groups is 2. The van der Waals surface area contributed by atoms with Gasteiger partial charge in [0.2, 0.25) is 12.7 Å². The van der Waals surface area contributed by atoms with Gasteiger partial charge in [0.05, 0.1) is 6.54 Å². The summed E-state index contributed by atoms with van der Waals surface area (Å²) in [6, 6.07) is 17.9. The molecule has 8 heteroatoms. The summed E-state index contributed by atoms with van der Waals surface area (Å²) in [4.78, 5) is 31.2. The minimum atomic E-state index is -0.161. The molecule has 1 aliphatic heterocycles. The summed E-state index contributed by atoms with van der Waals surface area (Å²) in [6.07, 6.45) is 8.32. The molecular formula is C31H36BrN3O4. The van der Waals surface area contributed by atoms with Gasteiger partial charge in [-0.15, -0.1) is 0 Å². The molecule has 206 valence electrons. The first-order valence-electron chi connectivity index (χ1n) is 13.9. The van der Waals surface area contributed by atoms with Crippen molar-refractivity contribution in [1.29, 1.82) is 0 Å². The number of hydrogen-bond acceptors (Lipinski definition) is 4. The predicted molar refractivity (Wildman–Crippen MR) is 154 cm³/mol. The van der Waals surface area contributed by atoms with Crippen LogP contribution in [0.2, 0.25) is 0 Å². The van der Waals surface area contributed by atoms with Crippen LogP contribution in [0.3, 0.4) is 0 Å². The van der Waals surface area contributed by atoms with E-state index in [4.69, 9.17) is 9.47 Å². The minimum absolute atomic E-state index is 0.000773. The number of hydrogen-bond donors (Lipinski definition) is 0. The van der Waals surface area contributed by atoms with Crippen LogP contribution in [-0.2, 0) is 17.9 Å². The van der Waals surface area contributed by atoms with Gasteiger partial charge in [-0.3, -0.25) is 9.59 Å². The first kappa shape index (κ1) is 27.3. The lowest BCUT2D eigenvalue weighted by molar-refractivity contribution is -0.135. The molecule has 1 saturated carbocycles. The average molecular weight is 595 g/mol. The zero-order chi connectivity index (χ0) is 27.2. The molecule has 0 saturated heterocycles. The van der Waals surface area contributed by atoms with Gasteiger partial charge in [-0.2, -0.15) is 0 Å². The summed E-state index contributed by atoms with van der Waals surface area (Å²) in [5.74, 6) is 1.05. The van der Waals surface area contributed by atoms with Crippen LogP contribution in [0.15, 0.2) is 65.3 Å². The van der Waals surface area contributed by atoms with E-state index in [0.29, 0.717) is 30.2 Å². The molecule has 5 rings (SSSR count). The fourth-order valence-corrected chi connectivity index (χ4v) is 5.77. The molecule has 0 radical (unpaired) electrons. The number of rotatable bonds is 10. The summed E-state index contributed by atoms with van der Waals surface area (Å²) < 4.78 is 14.1. The predicted octanol–water partition coefficient (Wildman–Crippen LogP) is 6.24. The van der Waals surface area contributed by atoms with Crippen molar-refractivity contribution in [3.8, 4) is 11.5 Å². The molecule has 2 aliphatic rings. The largest absolute Gasteiger partial charge is 0.454 e. The molecule has 0 spiro atoms. The molecule has 1 fully saturated rings. The fourth-order valence-electron chi connectivity index (χ4n) is 5.51. The van der Waals surface area contributed by atoms with Gasteiger partial charge in [0.15, 0.2) is 11.5 Å². The Bertz CT molecular complexity index is 1280. The Morgan fingerprint density at radius 3 is 2.54 bits per heavy atom. The Hall–Kier alpha value is -3.26. The summed E-state index contributed by atoms with van der Waals surface area (Å²) in [7, 11) is 0. The molecule has 7 nitrogen and oxygen atoms in total. The first-order chi connectivity index (χ1) is 19.0. The molecule has 2 heterocycles. The van der Waals surface area contributed by atoms with Crippen LogP contribution >= 0.6 is 15.9 Å². The van der Waals surface area contributed by atoms with E-state index in [1.165, 1.54) is 12.0 Å². The number of ether oxygens (including phenoxy) is 2. The van der Waals surface area contributed by atoms with Crippen LogP contribution in [0.5, 0.6) is 11.5 Å². The maximum absolute atomic E-state index is 14.0. The molecule has 3 aromatic rings. The molecule has 2 amide bonds. The van der Waals surface area contributed by atoms with Gasteiger partial charge in [-0.1, -0.05) is 54.2 Å². The lowest BCUT2D eigenvalue weighted by atomic mass is 9.94. The van der Waals surface area contributed by atoms with Crippen molar-refractivity contribution in [3.63, 3.8) is 0 Å². The van der Waals surface area contributed by atoms with E-state index in [9.17, 15) is 9.59 Å². The lowest BCUT2D eigenvalue weighted by Gasteiger charge is -2.36. The van der Waals surface area contributed by atoms with Gasteiger partial charge in [-0.25, -0.2) is 0 Å². The van der Waals surface area contributed by atoms with Gasteiger partial charge in [0, 0.05) is 41.1 Å². The molecule has 2 aromatic carbocycles. The third-order valence-electron chi connectivity index (χ3n) is 7.58. The zero-order valence-electron chi connectivity index (χ0n) is 22.5. The smallest absolute Gasteiger partial charge is 0.254 e. The molecule has 0 atom stereocenters. The van der Waals surface area contributed by atoms with E-state index in [-0.39, 0.29) is 31.2 Å². The van der Waals surface area contributed by atoms with Gasteiger partial charge in [0.1, 0.15) is 6.54 Å². The quantitative estimate of drug-likeness (QED) is 0.279. The Kier molecular flexibility index (Phi) is 8.91. The number of carbonyl (C=O) groups excluding carboxylic acids is 2. The molecule has 1 aliphatic carbocycles. The summed E-state index contributed by atoms with van der Waals surface area (Å²) in [5, 5.41) is 0. The Balaban J connectivity index is 1.34. The van der Waals surface area contributed by atoms with E-state index in [0.717, 1.165) is 48.8 Å². The van der Waals surface area contributed by atoms with Crippen LogP contribution in [0.4, 0.5) is 0 Å². The molecule has 0 bridgehead atoms. The van der Waals surface area contributed by atoms with Crippen molar-refractivity contribution < 1.29 is 19.1 Å². The Morgan fingerprint density at radius 2 is 1.77 bits per heavy atom. The van der Waals surface area contributed by atoms with Crippen LogP contribution < -0.4 is 9.47 Å². The standard InChI is InChI=1S/C31H36BrN3O4/c1-2-16-34(31(37)24-12-15-28-29(18-24)39-22-38-28)21-30(36)35(26-7-4-3-5-8-26)20-27-9-6-17-33(27)19-23-10-13-25(32)14-11-23/h6,9-15,17-18,26H,2-5,7-8,16,19-22H2,1H3. The van der Waals surface area contributed by atoms with Crippen molar-refractivity contribution in [2.45, 2.75) is 64.6 Å². The van der Waals surface area contributed by atoms with Crippen LogP contribution in [0.1, 0.15) is 67.1 Å². The van der Waals surface area contributed by atoms with Gasteiger partial charge < -0.3 is 23.8 Å². The summed E-state index contributed by atoms with van der Waals surface area (Å²) in [5.41, 5.74) is 2.81. The third kappa shape index (κ3) is 6.67. The maximum Gasteiger partial charge on any atom is 0.254 e. The maximum atomic E-state index is 14.0. The third-order valence-corrected chi connectivity index (χ3v) is 8.11. The average Bonchev–Trinajstić information content (AvgIpc) is 3.61. The number of amides is 2. The van der Waals surface area contributed by atoms with Crippen molar-refractivity contribution >= 4 is 27.7 Å². The molecule has 1 aromatic heterocycles. The monoisotopic (exact) mass is 593 g/mol. The van der Waals surface area contributed by atoms with E-state index in [1.807, 2.05) is 17.9 Å². The fraction of sp³-hybridized carbons (Fsp3) is 0.419. The van der Waals surface area contributed by atoms with Gasteiger partial charge >= 0.3 is 0 Å². The van der Waals surface area contributed by atoms with E-state index < -0.39 is 0 Å². The number of halogens is 1. The van der Waals surface area contributed by atoms with E-state index in [2.05, 4.69) is 57.0 Å². The van der Waals surface area contributed by atoms with Crippen molar-refractivity contribution in [2.24, 2.45) is 0 Å². The van der Waals surface area contributed by atoms with Crippen molar-refractivity contribution in [3.05, 3.63) is 82.1 Å². The number of benzene rings is 2. The normalized spacial score (nSPS) is 14.8. The lowest BCUT2D eigenvalue weighted by Crippen LogP contribution is -2.47. The number of aromatic nitrogens is 1. The molecular weight excluding hydrogens is 558 g/mol. The highest BCUT2D eigenvalue weighted by atomic mass is 79.9. The van der Waals surface area contributed by atoms with E-state index >= 15 is 0 Å². The molecule has 0 unspecified atom stereocenters. The summed E-state index contributed by atoms with van der Waals surface area (Å²) in [6.45, 7) is 4.03. The molecule has 0 N–H and O–H groups in total. The van der Waals surface area contributed by atoms with Crippen LogP contribution in [0.25, 0.3) is 0 Å². The second-order valence-electron chi connectivity index (χ2n) is 10.4. The number of nitrogens with zero attached hydrogens (tertiary/aromatic N) is 3. The van der Waals surface area contributed by atoms with Gasteiger partial charge in [0.25, 0.3) is 5.91 Å². The Morgan fingerprint density at radius 1 is 1.00 bits per heavy atom. The number of fused-ring (bicyclic) bond motifs is 1. The zero-order valence-corrected chi connectivity index (χ0v) is 24.1. The summed E-state index contributed by atoms with van der Waals surface area (Å²) >= 11 is 3.51. The topological polar surface area (TPSA) is 64.0 Å². The highest BCUT2D eigenvalue weighted by Gasteiger charge is 2.29. The van der Waals surface area contributed by atoms with Crippen LogP contribution in [-0.4, -0.2) is 52.1 Å². The second kappa shape index (κ2) is 12.7. The van der Waals surface area contributed by atoms with Crippen molar-refractivity contribution in [2.75, 3.05) is 19.9 Å².